The average Bonchev–Trinajstić information content (AvgIpc) is 2.90. The van der Waals surface area contributed by atoms with Crippen LogP contribution in [0.4, 0.5) is 18.9 Å². The summed E-state index contributed by atoms with van der Waals surface area (Å²) >= 11 is 0. The molecule has 0 spiro atoms. The standard InChI is InChI=1S/C27H22F3NO7/c1-3-35-21-7-5-4-6-20(21)31-23(32)15-36-18-12-13-19-22(14-18)38-26(27(28,29)30)25(24(19)33)37-17-10-8-16(34-2)9-11-17/h4-14H,3,15H2,1-2H3,(H,31,32). The molecule has 3 aromatic carbocycles. The van der Waals surface area contributed by atoms with Gasteiger partial charge in [-0.25, -0.2) is 0 Å². The van der Waals surface area contributed by atoms with Gasteiger partial charge in [0.25, 0.3) is 11.7 Å². The summed E-state index contributed by atoms with van der Waals surface area (Å²) in [6.07, 6.45) is -5.03. The molecule has 1 heterocycles. The van der Waals surface area contributed by atoms with E-state index in [0.29, 0.717) is 23.8 Å². The maximum absolute atomic E-state index is 13.8. The van der Waals surface area contributed by atoms with Crippen molar-refractivity contribution in [2.45, 2.75) is 13.1 Å². The average molecular weight is 529 g/mol. The third kappa shape index (κ3) is 6.00. The molecule has 38 heavy (non-hydrogen) atoms. The van der Waals surface area contributed by atoms with Crippen molar-refractivity contribution in [1.29, 1.82) is 0 Å². The highest BCUT2D eigenvalue weighted by molar-refractivity contribution is 5.93. The summed E-state index contributed by atoms with van der Waals surface area (Å²) in [4.78, 5) is 25.3. The Labute approximate surface area is 214 Å². The predicted molar refractivity (Wildman–Crippen MR) is 132 cm³/mol. The third-order valence-electron chi connectivity index (χ3n) is 5.19. The second-order valence-electron chi connectivity index (χ2n) is 7.79. The zero-order chi connectivity index (χ0) is 27.3. The summed E-state index contributed by atoms with van der Waals surface area (Å²) in [7, 11) is 1.43. The highest BCUT2D eigenvalue weighted by atomic mass is 19.4. The molecule has 0 bridgehead atoms. The summed E-state index contributed by atoms with van der Waals surface area (Å²) in [6, 6.07) is 16.1. The van der Waals surface area contributed by atoms with E-state index in [2.05, 4.69) is 5.32 Å². The number of ether oxygens (including phenoxy) is 4. The Bertz CT molecular complexity index is 1500. The molecule has 0 saturated carbocycles. The van der Waals surface area contributed by atoms with Gasteiger partial charge in [-0.1, -0.05) is 12.1 Å². The number of halogens is 3. The van der Waals surface area contributed by atoms with Gasteiger partial charge in [0.2, 0.25) is 11.2 Å². The van der Waals surface area contributed by atoms with Crippen LogP contribution in [0.25, 0.3) is 11.0 Å². The van der Waals surface area contributed by atoms with Crippen LogP contribution in [0.3, 0.4) is 0 Å². The highest BCUT2D eigenvalue weighted by Crippen LogP contribution is 2.39. The number of benzene rings is 3. The molecule has 4 aromatic rings. The summed E-state index contributed by atoms with van der Waals surface area (Å²) in [5.74, 6) is -2.20. The number of rotatable bonds is 9. The van der Waals surface area contributed by atoms with Gasteiger partial charge >= 0.3 is 6.18 Å². The molecule has 1 aromatic heterocycles. The van der Waals surface area contributed by atoms with Crippen molar-refractivity contribution in [3.8, 4) is 28.7 Å². The van der Waals surface area contributed by atoms with Crippen molar-refractivity contribution in [1.82, 2.24) is 0 Å². The number of nitrogens with one attached hydrogen (secondary N) is 1. The van der Waals surface area contributed by atoms with Crippen LogP contribution in [0, 0.1) is 0 Å². The largest absolute Gasteiger partial charge is 0.497 e. The molecule has 0 atom stereocenters. The molecule has 1 N–H and O–H groups in total. The number of carbonyl (C=O) groups excluding carboxylic acids is 1. The molecule has 0 aliphatic heterocycles. The van der Waals surface area contributed by atoms with Gasteiger partial charge in [-0.05, 0) is 55.5 Å². The number of amides is 1. The number of alkyl halides is 3. The van der Waals surface area contributed by atoms with Crippen LogP contribution in [0.2, 0.25) is 0 Å². The van der Waals surface area contributed by atoms with E-state index < -0.39 is 35.6 Å². The predicted octanol–water partition coefficient (Wildman–Crippen LogP) is 6.03. The number of hydrogen-bond acceptors (Lipinski definition) is 7. The lowest BCUT2D eigenvalue weighted by Gasteiger charge is -2.14. The van der Waals surface area contributed by atoms with Gasteiger partial charge in [0, 0.05) is 6.07 Å². The van der Waals surface area contributed by atoms with Crippen molar-refractivity contribution >= 4 is 22.6 Å². The number of hydrogen-bond donors (Lipinski definition) is 1. The van der Waals surface area contributed by atoms with Crippen LogP contribution in [0.1, 0.15) is 12.7 Å². The molecule has 198 valence electrons. The summed E-state index contributed by atoms with van der Waals surface area (Å²) in [5.41, 5.74) is -0.970. The smallest absolute Gasteiger partial charge is 0.453 e. The van der Waals surface area contributed by atoms with Crippen LogP contribution in [0.15, 0.2) is 75.9 Å². The topological polar surface area (TPSA) is 96.2 Å². The molecule has 0 unspecified atom stereocenters. The van der Waals surface area contributed by atoms with Crippen molar-refractivity contribution in [3.63, 3.8) is 0 Å². The van der Waals surface area contributed by atoms with Gasteiger partial charge in [-0.15, -0.1) is 0 Å². The van der Waals surface area contributed by atoms with Crippen LogP contribution in [-0.4, -0.2) is 26.2 Å². The lowest BCUT2D eigenvalue weighted by Crippen LogP contribution is -2.20. The van der Waals surface area contributed by atoms with Gasteiger partial charge in [0.15, 0.2) is 6.61 Å². The first kappa shape index (κ1) is 26.4. The molecule has 0 aliphatic carbocycles. The number of methoxy groups -OCH3 is 1. The van der Waals surface area contributed by atoms with Crippen molar-refractivity contribution in [2.75, 3.05) is 25.6 Å². The van der Waals surface area contributed by atoms with E-state index in [4.69, 9.17) is 23.4 Å². The third-order valence-corrected chi connectivity index (χ3v) is 5.19. The highest BCUT2D eigenvalue weighted by Gasteiger charge is 2.40. The van der Waals surface area contributed by atoms with E-state index in [1.807, 2.05) is 0 Å². The molecular weight excluding hydrogens is 507 g/mol. The summed E-state index contributed by atoms with van der Waals surface area (Å²) in [5, 5.41) is 2.48. The number of para-hydroxylation sites is 2. The zero-order valence-electron chi connectivity index (χ0n) is 20.3. The fraction of sp³-hybridized carbons (Fsp3) is 0.185. The Morgan fingerprint density at radius 2 is 1.63 bits per heavy atom. The summed E-state index contributed by atoms with van der Waals surface area (Å²) < 4.78 is 67.6. The quantitative estimate of drug-likeness (QED) is 0.283. The summed E-state index contributed by atoms with van der Waals surface area (Å²) in [6.45, 7) is 1.75. The molecular formula is C27H22F3NO7. The first-order valence-corrected chi connectivity index (χ1v) is 11.3. The number of fused-ring (bicyclic) bond motifs is 1. The van der Waals surface area contributed by atoms with Crippen LogP contribution >= 0.6 is 0 Å². The molecule has 0 fully saturated rings. The Balaban J connectivity index is 1.57. The normalized spacial score (nSPS) is 11.2. The van der Waals surface area contributed by atoms with Gasteiger partial charge in [0.1, 0.15) is 28.6 Å². The first-order valence-electron chi connectivity index (χ1n) is 11.3. The fourth-order valence-electron chi connectivity index (χ4n) is 3.47. The second kappa shape index (κ2) is 11.2. The van der Waals surface area contributed by atoms with Crippen LogP contribution in [0.5, 0.6) is 28.7 Å². The maximum Gasteiger partial charge on any atom is 0.453 e. The Hall–Kier alpha value is -4.67. The molecule has 1 amide bonds. The van der Waals surface area contributed by atoms with Gasteiger partial charge in [-0.2, -0.15) is 13.2 Å². The molecule has 0 radical (unpaired) electrons. The van der Waals surface area contributed by atoms with E-state index in [1.165, 1.54) is 43.5 Å². The Morgan fingerprint density at radius 3 is 2.32 bits per heavy atom. The zero-order valence-corrected chi connectivity index (χ0v) is 20.3. The van der Waals surface area contributed by atoms with Crippen molar-refractivity contribution in [3.05, 3.63) is 82.7 Å². The van der Waals surface area contributed by atoms with Gasteiger partial charge in [0.05, 0.1) is 24.8 Å². The molecule has 11 heteroatoms. The minimum Gasteiger partial charge on any atom is -0.497 e. The van der Waals surface area contributed by atoms with Crippen LogP contribution in [-0.2, 0) is 11.0 Å². The monoisotopic (exact) mass is 529 g/mol. The second-order valence-corrected chi connectivity index (χ2v) is 7.79. The maximum atomic E-state index is 13.8. The van der Waals surface area contributed by atoms with E-state index in [9.17, 15) is 22.8 Å². The SMILES string of the molecule is CCOc1ccccc1NC(=O)COc1ccc2c(=O)c(Oc3ccc(OC)cc3)c(C(F)(F)F)oc2c1. The van der Waals surface area contributed by atoms with E-state index in [1.54, 1.807) is 31.2 Å². The lowest BCUT2D eigenvalue weighted by atomic mass is 10.2. The van der Waals surface area contributed by atoms with E-state index in [-0.39, 0.29) is 22.5 Å². The molecule has 4 rings (SSSR count). The van der Waals surface area contributed by atoms with E-state index in [0.717, 1.165) is 6.07 Å². The molecule has 8 nitrogen and oxygen atoms in total. The van der Waals surface area contributed by atoms with Gasteiger partial charge < -0.3 is 28.7 Å². The minimum atomic E-state index is -5.03. The molecule has 0 saturated heterocycles. The molecule has 0 aliphatic rings. The number of anilines is 1. The lowest BCUT2D eigenvalue weighted by molar-refractivity contribution is -0.154. The van der Waals surface area contributed by atoms with Crippen molar-refractivity contribution < 1.29 is 41.3 Å². The first-order chi connectivity index (χ1) is 18.2. The Morgan fingerprint density at radius 1 is 0.947 bits per heavy atom. The fourth-order valence-corrected chi connectivity index (χ4v) is 3.47. The van der Waals surface area contributed by atoms with E-state index >= 15 is 0 Å². The minimum absolute atomic E-state index is 0.0140. The van der Waals surface area contributed by atoms with Crippen LogP contribution < -0.4 is 29.7 Å². The van der Waals surface area contributed by atoms with Crippen molar-refractivity contribution in [2.24, 2.45) is 0 Å². The Kier molecular flexibility index (Phi) is 7.75. The van der Waals surface area contributed by atoms with Gasteiger partial charge in [-0.3, -0.25) is 9.59 Å². The number of carbonyl (C=O) groups is 1.